The van der Waals surface area contributed by atoms with Crippen LogP contribution in [0.25, 0.3) is 0 Å². The number of ether oxygens (including phenoxy) is 1. The number of anilines is 1. The number of thiophene rings is 1. The molecule has 24 heavy (non-hydrogen) atoms. The van der Waals surface area contributed by atoms with Crippen molar-refractivity contribution in [2.24, 2.45) is 5.92 Å². The Kier molecular flexibility index (Phi) is 4.71. The highest BCUT2D eigenvalue weighted by molar-refractivity contribution is 7.17. The highest BCUT2D eigenvalue weighted by Gasteiger charge is 2.29. The number of aromatic nitrogens is 1. The van der Waals surface area contributed by atoms with Crippen molar-refractivity contribution < 1.29 is 18.8 Å². The lowest BCUT2D eigenvalue weighted by Crippen LogP contribution is -2.16. The molecule has 0 bridgehead atoms. The van der Waals surface area contributed by atoms with Crippen LogP contribution >= 0.6 is 11.3 Å². The molecule has 2 aromatic rings. The Labute approximate surface area is 144 Å². The van der Waals surface area contributed by atoms with E-state index in [9.17, 15) is 9.59 Å². The molecule has 0 spiro atoms. The summed E-state index contributed by atoms with van der Waals surface area (Å²) in [7, 11) is 0. The summed E-state index contributed by atoms with van der Waals surface area (Å²) in [6.45, 7) is 5.99. The normalized spacial score (nSPS) is 16.5. The molecule has 6 nitrogen and oxygen atoms in total. The van der Waals surface area contributed by atoms with Gasteiger partial charge in [0.15, 0.2) is 5.69 Å². The molecular weight excluding hydrogens is 328 g/mol. The van der Waals surface area contributed by atoms with Gasteiger partial charge >= 0.3 is 5.97 Å². The van der Waals surface area contributed by atoms with Gasteiger partial charge in [0.2, 0.25) is 0 Å². The van der Waals surface area contributed by atoms with Crippen molar-refractivity contribution >= 4 is 28.2 Å². The standard InChI is InChI=1S/C17H20N2O4S/c1-4-22-17(21)14-11-6-5-9(2)7-13(11)24-16(14)18-15(20)12-8-10(3)23-19-12/h8-9H,4-7H2,1-3H3,(H,18,20). The molecule has 0 radical (unpaired) electrons. The molecule has 128 valence electrons. The van der Waals surface area contributed by atoms with E-state index in [-0.39, 0.29) is 17.6 Å². The average Bonchev–Trinajstić information content (AvgIpc) is 3.10. The van der Waals surface area contributed by atoms with Gasteiger partial charge in [-0.25, -0.2) is 4.79 Å². The molecule has 0 aromatic carbocycles. The second kappa shape index (κ2) is 6.76. The zero-order chi connectivity index (χ0) is 17.3. The van der Waals surface area contributed by atoms with E-state index in [1.165, 1.54) is 11.3 Å². The topological polar surface area (TPSA) is 81.4 Å². The first-order chi connectivity index (χ1) is 11.5. The van der Waals surface area contributed by atoms with Crippen molar-refractivity contribution in [3.05, 3.63) is 33.5 Å². The number of nitrogens with one attached hydrogen (secondary N) is 1. The van der Waals surface area contributed by atoms with E-state index in [4.69, 9.17) is 9.26 Å². The lowest BCUT2D eigenvalue weighted by Gasteiger charge is -2.18. The van der Waals surface area contributed by atoms with E-state index in [2.05, 4.69) is 17.4 Å². The molecule has 1 amide bonds. The summed E-state index contributed by atoms with van der Waals surface area (Å²) in [5.74, 6) is 0.373. The Morgan fingerprint density at radius 2 is 2.29 bits per heavy atom. The van der Waals surface area contributed by atoms with Crippen molar-refractivity contribution in [3.63, 3.8) is 0 Å². The minimum atomic E-state index is -0.385. The van der Waals surface area contributed by atoms with Gasteiger partial charge in [0.1, 0.15) is 10.8 Å². The third kappa shape index (κ3) is 3.21. The van der Waals surface area contributed by atoms with E-state index >= 15 is 0 Å². The van der Waals surface area contributed by atoms with Crippen LogP contribution in [0.5, 0.6) is 0 Å². The number of carbonyl (C=O) groups is 2. The Morgan fingerprint density at radius 1 is 1.50 bits per heavy atom. The third-order valence-corrected chi connectivity index (χ3v) is 5.25. The van der Waals surface area contributed by atoms with Crippen LogP contribution in [-0.4, -0.2) is 23.6 Å². The van der Waals surface area contributed by atoms with Gasteiger partial charge in [0.25, 0.3) is 5.91 Å². The first-order valence-electron chi connectivity index (χ1n) is 8.06. The summed E-state index contributed by atoms with van der Waals surface area (Å²) in [4.78, 5) is 25.9. The fourth-order valence-electron chi connectivity index (χ4n) is 2.90. The lowest BCUT2D eigenvalue weighted by atomic mass is 9.88. The molecule has 3 rings (SSSR count). The zero-order valence-corrected chi connectivity index (χ0v) is 14.8. The Bertz CT molecular complexity index is 778. The number of rotatable bonds is 4. The van der Waals surface area contributed by atoms with E-state index in [0.717, 1.165) is 29.7 Å². The van der Waals surface area contributed by atoms with Crippen LogP contribution in [0.1, 0.15) is 57.3 Å². The van der Waals surface area contributed by atoms with Crippen LogP contribution in [-0.2, 0) is 17.6 Å². The summed E-state index contributed by atoms with van der Waals surface area (Å²) in [6, 6.07) is 1.56. The Balaban J connectivity index is 1.94. The quantitative estimate of drug-likeness (QED) is 0.854. The van der Waals surface area contributed by atoms with E-state index < -0.39 is 0 Å². The number of carbonyl (C=O) groups excluding carboxylic acids is 2. The second-order valence-electron chi connectivity index (χ2n) is 6.05. The molecule has 1 unspecified atom stereocenters. The fraction of sp³-hybridized carbons (Fsp3) is 0.471. The molecule has 0 saturated carbocycles. The van der Waals surface area contributed by atoms with Crippen LogP contribution in [0.4, 0.5) is 5.00 Å². The van der Waals surface area contributed by atoms with Crippen molar-refractivity contribution in [1.82, 2.24) is 5.16 Å². The van der Waals surface area contributed by atoms with Gasteiger partial charge in [-0.2, -0.15) is 0 Å². The van der Waals surface area contributed by atoms with Crippen molar-refractivity contribution in [2.75, 3.05) is 11.9 Å². The maximum Gasteiger partial charge on any atom is 0.341 e. The molecule has 0 aliphatic heterocycles. The number of nitrogens with zero attached hydrogens (tertiary/aromatic N) is 1. The fourth-order valence-corrected chi connectivity index (χ4v) is 4.29. The van der Waals surface area contributed by atoms with Crippen molar-refractivity contribution in [2.45, 2.75) is 40.0 Å². The maximum atomic E-state index is 12.4. The smallest absolute Gasteiger partial charge is 0.341 e. The molecule has 2 aromatic heterocycles. The minimum Gasteiger partial charge on any atom is -0.462 e. The largest absolute Gasteiger partial charge is 0.462 e. The van der Waals surface area contributed by atoms with Crippen molar-refractivity contribution in [1.29, 1.82) is 0 Å². The summed E-state index contributed by atoms with van der Waals surface area (Å²) in [5, 5.41) is 7.07. The second-order valence-corrected chi connectivity index (χ2v) is 7.16. The van der Waals surface area contributed by atoms with Crippen LogP contribution in [0.3, 0.4) is 0 Å². The van der Waals surface area contributed by atoms with Gasteiger partial charge in [0.05, 0.1) is 12.2 Å². The predicted molar refractivity (Wildman–Crippen MR) is 90.7 cm³/mol. The molecule has 1 aliphatic carbocycles. The van der Waals surface area contributed by atoms with Gasteiger partial charge in [-0.05, 0) is 44.6 Å². The maximum absolute atomic E-state index is 12.4. The number of esters is 1. The molecule has 2 heterocycles. The number of hydrogen-bond acceptors (Lipinski definition) is 6. The van der Waals surface area contributed by atoms with Crippen LogP contribution in [0, 0.1) is 12.8 Å². The Morgan fingerprint density at radius 3 is 2.96 bits per heavy atom. The van der Waals surface area contributed by atoms with Gasteiger partial charge in [-0.1, -0.05) is 12.1 Å². The third-order valence-electron chi connectivity index (χ3n) is 4.08. The first kappa shape index (κ1) is 16.7. The minimum absolute atomic E-state index is 0.196. The highest BCUT2D eigenvalue weighted by Crippen LogP contribution is 2.40. The van der Waals surface area contributed by atoms with Crippen LogP contribution in [0.15, 0.2) is 10.6 Å². The lowest BCUT2D eigenvalue weighted by molar-refractivity contribution is 0.0526. The van der Waals surface area contributed by atoms with E-state index in [0.29, 0.717) is 28.8 Å². The molecule has 7 heteroatoms. The molecule has 1 atom stereocenters. The van der Waals surface area contributed by atoms with Gasteiger partial charge in [-0.3, -0.25) is 4.79 Å². The van der Waals surface area contributed by atoms with E-state index in [1.54, 1.807) is 19.9 Å². The Hall–Kier alpha value is -2.15. The number of fused-ring (bicyclic) bond motifs is 1. The SMILES string of the molecule is CCOC(=O)c1c(NC(=O)c2cc(C)on2)sc2c1CCC(C)C2. The van der Waals surface area contributed by atoms with Crippen LogP contribution in [0.2, 0.25) is 0 Å². The molecule has 1 N–H and O–H groups in total. The van der Waals surface area contributed by atoms with Crippen molar-refractivity contribution in [3.8, 4) is 0 Å². The number of aryl methyl sites for hydroxylation is 1. The number of amides is 1. The number of hydrogen-bond donors (Lipinski definition) is 1. The predicted octanol–water partition coefficient (Wildman–Crippen LogP) is 3.60. The zero-order valence-electron chi connectivity index (χ0n) is 14.0. The average molecular weight is 348 g/mol. The van der Waals surface area contributed by atoms with Gasteiger partial charge in [-0.15, -0.1) is 11.3 Å². The highest BCUT2D eigenvalue weighted by atomic mass is 32.1. The molecule has 1 aliphatic rings. The van der Waals surface area contributed by atoms with Gasteiger partial charge in [0, 0.05) is 10.9 Å². The summed E-state index contributed by atoms with van der Waals surface area (Å²) in [5.41, 5.74) is 1.71. The molecule has 0 saturated heterocycles. The summed E-state index contributed by atoms with van der Waals surface area (Å²) >= 11 is 1.46. The molecular formula is C17H20N2O4S. The van der Waals surface area contributed by atoms with Gasteiger partial charge < -0.3 is 14.6 Å². The van der Waals surface area contributed by atoms with E-state index in [1.807, 2.05) is 0 Å². The van der Waals surface area contributed by atoms with Crippen LogP contribution < -0.4 is 5.32 Å². The summed E-state index contributed by atoms with van der Waals surface area (Å²) < 4.78 is 10.1. The molecule has 0 fully saturated rings. The monoisotopic (exact) mass is 348 g/mol. The first-order valence-corrected chi connectivity index (χ1v) is 8.87. The summed E-state index contributed by atoms with van der Waals surface area (Å²) in [6.07, 6.45) is 2.79.